The number of thioether (sulfide) groups is 1. The molecule has 1 aromatic heterocycles. The van der Waals surface area contributed by atoms with Crippen LogP contribution >= 0.6 is 23.4 Å². The molecule has 0 aliphatic carbocycles. The molecule has 0 aliphatic rings. The van der Waals surface area contributed by atoms with Crippen LogP contribution in [0.25, 0.3) is 0 Å². The molecule has 6 heteroatoms. The first-order valence-corrected chi connectivity index (χ1v) is 6.19. The molecule has 0 radical (unpaired) electrons. The van der Waals surface area contributed by atoms with E-state index in [1.807, 2.05) is 0 Å². The van der Waals surface area contributed by atoms with E-state index >= 15 is 0 Å². The quantitative estimate of drug-likeness (QED) is 0.810. The third-order valence-electron chi connectivity index (χ3n) is 1.46. The van der Waals surface area contributed by atoms with Crippen molar-refractivity contribution in [1.29, 1.82) is 0 Å². The Morgan fingerprint density at radius 1 is 1.33 bits per heavy atom. The largest absolute Gasteiger partial charge is 0.354 e. The van der Waals surface area contributed by atoms with E-state index in [2.05, 4.69) is 41.0 Å². The third kappa shape index (κ3) is 4.66. The molecule has 1 aromatic rings. The summed E-state index contributed by atoms with van der Waals surface area (Å²) in [5.41, 5.74) is 0. The maximum atomic E-state index is 5.80. The summed E-state index contributed by atoms with van der Waals surface area (Å²) < 4.78 is 0. The van der Waals surface area contributed by atoms with E-state index in [1.165, 1.54) is 0 Å². The number of aromatic nitrogens is 3. The summed E-state index contributed by atoms with van der Waals surface area (Å²) in [6, 6.07) is 0. The highest BCUT2D eigenvalue weighted by Crippen LogP contribution is 2.20. The van der Waals surface area contributed by atoms with Crippen LogP contribution in [-0.2, 0) is 0 Å². The Morgan fingerprint density at radius 2 is 2.07 bits per heavy atom. The molecule has 0 aromatic carbocycles. The first kappa shape index (κ1) is 12.5. The molecule has 0 atom stereocenters. The van der Waals surface area contributed by atoms with Crippen LogP contribution in [-0.4, -0.2) is 26.7 Å². The van der Waals surface area contributed by atoms with Gasteiger partial charge in [0.2, 0.25) is 11.2 Å². The second-order valence-electron chi connectivity index (χ2n) is 3.30. The van der Waals surface area contributed by atoms with Crippen molar-refractivity contribution in [2.75, 3.05) is 11.9 Å². The molecule has 84 valence electrons. The Balaban J connectivity index is 2.75. The SMILES string of the molecule is CCCNc1nc(Cl)nc(SC(C)C)n1. The molecule has 0 aliphatic heterocycles. The lowest BCUT2D eigenvalue weighted by Crippen LogP contribution is -2.06. The molecule has 0 bridgehead atoms. The average Bonchev–Trinajstić information content (AvgIpc) is 2.12. The standard InChI is InChI=1S/C9H15ClN4S/c1-4-5-11-8-12-7(10)13-9(14-8)15-6(2)3/h6H,4-5H2,1-3H3,(H,11,12,13,14). The lowest BCUT2D eigenvalue weighted by molar-refractivity contribution is 0.874. The summed E-state index contributed by atoms with van der Waals surface area (Å²) in [5.74, 6) is 0.556. The number of rotatable bonds is 5. The normalized spacial score (nSPS) is 10.7. The number of hydrogen-bond donors (Lipinski definition) is 1. The topological polar surface area (TPSA) is 50.7 Å². The maximum absolute atomic E-state index is 5.80. The van der Waals surface area contributed by atoms with E-state index in [0.717, 1.165) is 13.0 Å². The Labute approximate surface area is 99.3 Å². The minimum absolute atomic E-state index is 0.242. The van der Waals surface area contributed by atoms with Crippen molar-refractivity contribution in [3.05, 3.63) is 5.28 Å². The van der Waals surface area contributed by atoms with Crippen LogP contribution in [0, 0.1) is 0 Å². The van der Waals surface area contributed by atoms with Gasteiger partial charge in [0, 0.05) is 11.8 Å². The second kappa shape index (κ2) is 6.12. The molecule has 0 spiro atoms. The highest BCUT2D eigenvalue weighted by molar-refractivity contribution is 7.99. The van der Waals surface area contributed by atoms with Gasteiger partial charge in [-0.05, 0) is 18.0 Å². The Kier molecular flexibility index (Phi) is 5.11. The molecule has 4 nitrogen and oxygen atoms in total. The molecular formula is C9H15ClN4S. The fourth-order valence-corrected chi connectivity index (χ4v) is 1.82. The van der Waals surface area contributed by atoms with Crippen LogP contribution in [0.5, 0.6) is 0 Å². The van der Waals surface area contributed by atoms with E-state index in [0.29, 0.717) is 16.4 Å². The molecule has 0 saturated carbocycles. The lowest BCUT2D eigenvalue weighted by atomic mass is 10.5. The van der Waals surface area contributed by atoms with Gasteiger partial charge in [0.25, 0.3) is 0 Å². The minimum atomic E-state index is 0.242. The van der Waals surface area contributed by atoms with E-state index in [-0.39, 0.29) is 5.28 Å². The molecule has 0 saturated heterocycles. The van der Waals surface area contributed by atoms with Crippen LogP contribution in [0.1, 0.15) is 27.2 Å². The van der Waals surface area contributed by atoms with E-state index in [1.54, 1.807) is 11.8 Å². The lowest BCUT2D eigenvalue weighted by Gasteiger charge is -2.06. The second-order valence-corrected chi connectivity index (χ2v) is 5.19. The van der Waals surface area contributed by atoms with Crippen molar-refractivity contribution in [3.8, 4) is 0 Å². The van der Waals surface area contributed by atoms with Crippen molar-refractivity contribution < 1.29 is 0 Å². The summed E-state index contributed by atoms with van der Waals surface area (Å²) >= 11 is 7.37. The molecule has 15 heavy (non-hydrogen) atoms. The van der Waals surface area contributed by atoms with Crippen LogP contribution in [0.15, 0.2) is 5.16 Å². The molecule has 1 heterocycles. The van der Waals surface area contributed by atoms with Gasteiger partial charge in [-0.2, -0.15) is 15.0 Å². The van der Waals surface area contributed by atoms with Gasteiger partial charge in [0.05, 0.1) is 0 Å². The van der Waals surface area contributed by atoms with Crippen LogP contribution in [0.3, 0.4) is 0 Å². The van der Waals surface area contributed by atoms with Gasteiger partial charge in [0.15, 0.2) is 5.16 Å². The predicted molar refractivity (Wildman–Crippen MR) is 64.6 cm³/mol. The Morgan fingerprint density at radius 3 is 2.67 bits per heavy atom. The number of hydrogen-bond acceptors (Lipinski definition) is 5. The first-order chi connectivity index (χ1) is 7.11. The smallest absolute Gasteiger partial charge is 0.228 e. The van der Waals surface area contributed by atoms with Gasteiger partial charge in [-0.3, -0.25) is 0 Å². The number of halogens is 1. The minimum Gasteiger partial charge on any atom is -0.354 e. The van der Waals surface area contributed by atoms with Crippen molar-refractivity contribution in [2.45, 2.75) is 37.6 Å². The summed E-state index contributed by atoms with van der Waals surface area (Å²) in [6.45, 7) is 7.09. The van der Waals surface area contributed by atoms with Crippen molar-refractivity contribution in [1.82, 2.24) is 15.0 Å². The fourth-order valence-electron chi connectivity index (χ4n) is 0.911. The maximum Gasteiger partial charge on any atom is 0.228 e. The van der Waals surface area contributed by atoms with Gasteiger partial charge in [-0.1, -0.05) is 32.5 Å². The zero-order valence-corrected chi connectivity index (χ0v) is 10.7. The zero-order chi connectivity index (χ0) is 11.3. The van der Waals surface area contributed by atoms with E-state index in [9.17, 15) is 0 Å². The first-order valence-electron chi connectivity index (χ1n) is 4.94. The van der Waals surface area contributed by atoms with Crippen LogP contribution < -0.4 is 5.32 Å². The van der Waals surface area contributed by atoms with E-state index < -0.39 is 0 Å². The van der Waals surface area contributed by atoms with Gasteiger partial charge < -0.3 is 5.32 Å². The molecule has 0 amide bonds. The molecular weight excluding hydrogens is 232 g/mol. The summed E-state index contributed by atoms with van der Waals surface area (Å²) in [4.78, 5) is 12.3. The van der Waals surface area contributed by atoms with Gasteiger partial charge >= 0.3 is 0 Å². The van der Waals surface area contributed by atoms with Crippen molar-refractivity contribution in [3.63, 3.8) is 0 Å². The highest BCUT2D eigenvalue weighted by Gasteiger charge is 2.06. The van der Waals surface area contributed by atoms with Crippen molar-refractivity contribution >= 4 is 29.3 Å². The number of nitrogens with one attached hydrogen (secondary N) is 1. The van der Waals surface area contributed by atoms with Crippen LogP contribution in [0.2, 0.25) is 5.28 Å². The summed E-state index contributed by atoms with van der Waals surface area (Å²) in [7, 11) is 0. The summed E-state index contributed by atoms with van der Waals surface area (Å²) in [5, 5.41) is 4.43. The fraction of sp³-hybridized carbons (Fsp3) is 0.667. The van der Waals surface area contributed by atoms with E-state index in [4.69, 9.17) is 11.6 Å². The molecule has 1 N–H and O–H groups in total. The third-order valence-corrected chi connectivity index (χ3v) is 2.50. The van der Waals surface area contributed by atoms with Crippen LogP contribution in [0.4, 0.5) is 5.95 Å². The van der Waals surface area contributed by atoms with Gasteiger partial charge in [-0.15, -0.1) is 0 Å². The van der Waals surface area contributed by atoms with Crippen molar-refractivity contribution in [2.24, 2.45) is 0 Å². The summed E-state index contributed by atoms with van der Waals surface area (Å²) in [6.07, 6.45) is 1.02. The molecule has 0 fully saturated rings. The number of anilines is 1. The zero-order valence-electron chi connectivity index (χ0n) is 9.12. The number of nitrogens with zero attached hydrogens (tertiary/aromatic N) is 3. The molecule has 0 unspecified atom stereocenters. The predicted octanol–water partition coefficient (Wildman–Crippen LogP) is 2.85. The highest BCUT2D eigenvalue weighted by atomic mass is 35.5. The Hall–Kier alpha value is -0.550. The monoisotopic (exact) mass is 246 g/mol. The molecule has 1 rings (SSSR count). The average molecular weight is 247 g/mol. The Bertz CT molecular complexity index is 319. The van der Waals surface area contributed by atoms with Gasteiger partial charge in [-0.25, -0.2) is 0 Å². The van der Waals surface area contributed by atoms with Gasteiger partial charge in [0.1, 0.15) is 0 Å².